The van der Waals surface area contributed by atoms with Crippen LogP contribution in [0.1, 0.15) is 29.1 Å². The number of urea groups is 1. The van der Waals surface area contributed by atoms with Gasteiger partial charge in [-0.25, -0.2) is 23.8 Å². The standard InChI is InChI=1S/C28H22FN3O6/c1-2-36-27(34)24-22(31-28(35)32-25(24)23-8-5-13-37-23)15-38-26(33)19-14-21(16-9-11-17(29)12-10-16)30-20-7-4-3-6-18(19)20/h3-14,25H,2,15H2,1H3,(H2,31,32,35)/t25-/m0/s1. The van der Waals surface area contributed by atoms with Crippen molar-refractivity contribution in [3.05, 3.63) is 101 Å². The Morgan fingerprint density at radius 2 is 1.82 bits per heavy atom. The molecule has 0 spiro atoms. The van der Waals surface area contributed by atoms with E-state index in [4.69, 9.17) is 13.9 Å². The molecule has 0 radical (unpaired) electrons. The number of pyridine rings is 1. The Morgan fingerprint density at radius 1 is 1.03 bits per heavy atom. The number of furan rings is 1. The highest BCUT2D eigenvalue weighted by Gasteiger charge is 2.36. The normalized spacial score (nSPS) is 15.1. The van der Waals surface area contributed by atoms with E-state index in [2.05, 4.69) is 15.6 Å². The van der Waals surface area contributed by atoms with Crippen molar-refractivity contribution in [1.29, 1.82) is 0 Å². The highest BCUT2D eigenvalue weighted by atomic mass is 19.1. The number of hydrogen-bond donors (Lipinski definition) is 2. The summed E-state index contributed by atoms with van der Waals surface area (Å²) in [6.45, 7) is 1.34. The Balaban J connectivity index is 1.49. The van der Waals surface area contributed by atoms with Gasteiger partial charge in [-0.05, 0) is 55.5 Å². The molecule has 5 rings (SSSR count). The van der Waals surface area contributed by atoms with Crippen LogP contribution in [-0.2, 0) is 14.3 Å². The van der Waals surface area contributed by atoms with Crippen molar-refractivity contribution in [1.82, 2.24) is 15.6 Å². The van der Waals surface area contributed by atoms with E-state index >= 15 is 0 Å². The van der Waals surface area contributed by atoms with Crippen LogP contribution in [0.4, 0.5) is 9.18 Å². The van der Waals surface area contributed by atoms with E-state index in [0.29, 0.717) is 27.9 Å². The molecular formula is C28H22FN3O6. The number of hydrogen-bond acceptors (Lipinski definition) is 7. The lowest BCUT2D eigenvalue weighted by molar-refractivity contribution is -0.139. The quantitative estimate of drug-likeness (QED) is 0.344. The molecule has 1 atom stereocenters. The summed E-state index contributed by atoms with van der Waals surface area (Å²) in [4.78, 5) is 43.2. The molecule has 3 heterocycles. The Morgan fingerprint density at radius 3 is 2.55 bits per heavy atom. The van der Waals surface area contributed by atoms with Crippen LogP contribution < -0.4 is 10.6 Å². The molecule has 192 valence electrons. The molecule has 2 N–H and O–H groups in total. The number of nitrogens with one attached hydrogen (secondary N) is 2. The average Bonchev–Trinajstić information content (AvgIpc) is 3.46. The lowest BCUT2D eigenvalue weighted by Gasteiger charge is -2.27. The van der Waals surface area contributed by atoms with Crippen LogP contribution in [0.5, 0.6) is 0 Å². The molecule has 1 aliphatic heterocycles. The zero-order valence-electron chi connectivity index (χ0n) is 20.2. The molecule has 0 bridgehead atoms. The number of amides is 2. The first-order valence-corrected chi connectivity index (χ1v) is 11.8. The molecule has 4 aromatic rings. The number of ether oxygens (including phenoxy) is 2. The number of carbonyl (C=O) groups excluding carboxylic acids is 3. The van der Waals surface area contributed by atoms with Gasteiger partial charge in [-0.15, -0.1) is 0 Å². The Labute approximate surface area is 216 Å². The SMILES string of the molecule is CCOC(=O)C1=C(COC(=O)c2cc(-c3ccc(F)cc3)nc3ccccc23)NC(=O)N[C@H]1c1ccco1. The van der Waals surface area contributed by atoms with Gasteiger partial charge in [0.2, 0.25) is 0 Å². The van der Waals surface area contributed by atoms with Gasteiger partial charge in [0.05, 0.1) is 40.9 Å². The fourth-order valence-electron chi connectivity index (χ4n) is 4.18. The summed E-state index contributed by atoms with van der Waals surface area (Å²) in [5, 5.41) is 5.73. The van der Waals surface area contributed by atoms with E-state index in [-0.39, 0.29) is 23.4 Å². The van der Waals surface area contributed by atoms with Gasteiger partial charge in [0.1, 0.15) is 24.2 Å². The van der Waals surface area contributed by atoms with Crippen molar-refractivity contribution in [2.45, 2.75) is 13.0 Å². The third-order valence-corrected chi connectivity index (χ3v) is 5.90. The number of halogens is 1. The Bertz CT molecular complexity index is 1550. The first kappa shape index (κ1) is 24.7. The van der Waals surface area contributed by atoms with Gasteiger partial charge in [-0.3, -0.25) is 0 Å². The van der Waals surface area contributed by atoms with E-state index in [1.54, 1.807) is 61.5 Å². The van der Waals surface area contributed by atoms with Crippen molar-refractivity contribution in [2.75, 3.05) is 13.2 Å². The molecule has 9 nitrogen and oxygen atoms in total. The maximum Gasteiger partial charge on any atom is 0.339 e. The Hall–Kier alpha value is -4.99. The van der Waals surface area contributed by atoms with Crippen molar-refractivity contribution in [2.24, 2.45) is 0 Å². The summed E-state index contributed by atoms with van der Waals surface area (Å²) < 4.78 is 29.6. The predicted octanol–water partition coefficient (Wildman–Crippen LogP) is 4.66. The molecule has 2 aromatic heterocycles. The molecule has 1 aliphatic rings. The topological polar surface area (TPSA) is 120 Å². The Kier molecular flexibility index (Phi) is 6.86. The molecule has 2 amide bonds. The largest absolute Gasteiger partial charge is 0.467 e. The second kappa shape index (κ2) is 10.6. The molecule has 10 heteroatoms. The minimum atomic E-state index is -0.932. The number of carbonyl (C=O) groups is 3. The van der Waals surface area contributed by atoms with Crippen LogP contribution in [0.15, 0.2) is 88.7 Å². The second-order valence-electron chi connectivity index (χ2n) is 8.31. The molecule has 2 aromatic carbocycles. The van der Waals surface area contributed by atoms with Gasteiger partial charge in [-0.2, -0.15) is 0 Å². The van der Waals surface area contributed by atoms with E-state index < -0.39 is 36.4 Å². The maximum absolute atomic E-state index is 13.4. The molecular weight excluding hydrogens is 493 g/mol. The first-order chi connectivity index (χ1) is 18.4. The summed E-state index contributed by atoms with van der Waals surface area (Å²) in [5.41, 5.74) is 1.96. The van der Waals surface area contributed by atoms with E-state index in [1.165, 1.54) is 18.4 Å². The maximum atomic E-state index is 13.4. The van der Waals surface area contributed by atoms with Crippen molar-refractivity contribution < 1.29 is 32.7 Å². The van der Waals surface area contributed by atoms with E-state index in [9.17, 15) is 18.8 Å². The zero-order chi connectivity index (χ0) is 26.6. The third-order valence-electron chi connectivity index (χ3n) is 5.90. The molecule has 38 heavy (non-hydrogen) atoms. The number of fused-ring (bicyclic) bond motifs is 1. The van der Waals surface area contributed by atoms with E-state index in [0.717, 1.165) is 0 Å². The van der Waals surface area contributed by atoms with Crippen molar-refractivity contribution in [3.8, 4) is 11.3 Å². The molecule has 0 unspecified atom stereocenters. The summed E-state index contributed by atoms with van der Waals surface area (Å²) in [5.74, 6) is -1.47. The van der Waals surface area contributed by atoms with Gasteiger partial charge in [0, 0.05) is 10.9 Å². The second-order valence-corrected chi connectivity index (χ2v) is 8.31. The number of rotatable bonds is 7. The summed E-state index contributed by atoms with van der Waals surface area (Å²) in [7, 11) is 0. The van der Waals surface area contributed by atoms with E-state index in [1.807, 2.05) is 0 Å². The van der Waals surface area contributed by atoms with Crippen LogP contribution in [-0.4, -0.2) is 36.2 Å². The monoisotopic (exact) mass is 515 g/mol. The minimum Gasteiger partial charge on any atom is -0.467 e. The minimum absolute atomic E-state index is 0.0563. The number of esters is 2. The molecule has 0 fully saturated rings. The first-order valence-electron chi connectivity index (χ1n) is 11.8. The highest BCUT2D eigenvalue weighted by Crippen LogP contribution is 2.29. The van der Waals surface area contributed by atoms with Gasteiger partial charge in [0.25, 0.3) is 0 Å². The average molecular weight is 515 g/mol. The van der Waals surface area contributed by atoms with Crippen LogP contribution in [0.2, 0.25) is 0 Å². The van der Waals surface area contributed by atoms with Gasteiger partial charge in [-0.1, -0.05) is 18.2 Å². The lowest BCUT2D eigenvalue weighted by atomic mass is 10.0. The fraction of sp³-hybridized carbons (Fsp3) is 0.143. The number of para-hydroxylation sites is 1. The summed E-state index contributed by atoms with van der Waals surface area (Å²) in [6.07, 6.45) is 1.42. The summed E-state index contributed by atoms with van der Waals surface area (Å²) in [6, 6.07) is 16.0. The number of aromatic nitrogens is 1. The molecule has 0 aliphatic carbocycles. The lowest BCUT2D eigenvalue weighted by Crippen LogP contribution is -2.47. The molecule has 0 saturated carbocycles. The number of nitrogens with zero attached hydrogens (tertiary/aromatic N) is 1. The van der Waals surface area contributed by atoms with Gasteiger partial charge in [0.15, 0.2) is 0 Å². The van der Waals surface area contributed by atoms with Gasteiger partial charge >= 0.3 is 18.0 Å². The fourth-order valence-corrected chi connectivity index (χ4v) is 4.18. The smallest absolute Gasteiger partial charge is 0.339 e. The van der Waals surface area contributed by atoms with Crippen LogP contribution in [0.3, 0.4) is 0 Å². The highest BCUT2D eigenvalue weighted by molar-refractivity contribution is 6.04. The van der Waals surface area contributed by atoms with Crippen LogP contribution in [0, 0.1) is 5.82 Å². The van der Waals surface area contributed by atoms with Crippen LogP contribution >= 0.6 is 0 Å². The number of benzene rings is 2. The molecule has 0 saturated heterocycles. The zero-order valence-corrected chi connectivity index (χ0v) is 20.2. The predicted molar refractivity (Wildman–Crippen MR) is 134 cm³/mol. The van der Waals surface area contributed by atoms with Crippen molar-refractivity contribution >= 4 is 28.9 Å². The summed E-state index contributed by atoms with van der Waals surface area (Å²) >= 11 is 0. The van der Waals surface area contributed by atoms with Crippen LogP contribution in [0.25, 0.3) is 22.2 Å². The van der Waals surface area contributed by atoms with Crippen molar-refractivity contribution in [3.63, 3.8) is 0 Å². The third kappa shape index (κ3) is 4.96. The van der Waals surface area contributed by atoms with Gasteiger partial charge < -0.3 is 24.5 Å².